The average molecular weight is 644 g/mol. The number of hydrogen-bond donors (Lipinski definition) is 1. The monoisotopic (exact) mass is 643 g/mol. The number of sulfonamides is 1. The van der Waals surface area contributed by atoms with Gasteiger partial charge in [-0.2, -0.15) is 0 Å². The van der Waals surface area contributed by atoms with E-state index in [-0.39, 0.29) is 29.8 Å². The van der Waals surface area contributed by atoms with Gasteiger partial charge in [0, 0.05) is 24.0 Å². The fraction of sp³-hybridized carbons (Fsp3) is 0.278. The summed E-state index contributed by atoms with van der Waals surface area (Å²) in [5.41, 5.74) is 2.55. The molecule has 1 N–H and O–H groups in total. The molecule has 2 amide bonds. The van der Waals surface area contributed by atoms with E-state index in [1.165, 1.54) is 17.0 Å². The van der Waals surface area contributed by atoms with E-state index in [0.29, 0.717) is 16.3 Å². The summed E-state index contributed by atoms with van der Waals surface area (Å²) in [5, 5.41) is 3.58. The van der Waals surface area contributed by atoms with Crippen LogP contribution in [-0.2, 0) is 32.6 Å². The quantitative estimate of drug-likeness (QED) is 0.190. The van der Waals surface area contributed by atoms with E-state index < -0.39 is 28.5 Å². The van der Waals surface area contributed by atoms with Crippen molar-refractivity contribution in [2.75, 3.05) is 10.8 Å². The normalized spacial score (nSPS) is 14.1. The van der Waals surface area contributed by atoms with Crippen LogP contribution in [0.1, 0.15) is 42.4 Å². The van der Waals surface area contributed by atoms with Crippen molar-refractivity contribution in [3.8, 4) is 0 Å². The van der Waals surface area contributed by atoms with Crippen LogP contribution in [0.3, 0.4) is 0 Å². The van der Waals surface area contributed by atoms with Gasteiger partial charge in [-0.1, -0.05) is 109 Å². The molecule has 1 aliphatic rings. The molecule has 1 atom stereocenters. The minimum atomic E-state index is -4.19. The Hall–Kier alpha value is -4.14. The number of nitrogens with one attached hydrogen (secondary N) is 1. The third-order valence-corrected chi connectivity index (χ3v) is 10.5. The average Bonchev–Trinajstić information content (AvgIpc) is 3.57. The van der Waals surface area contributed by atoms with Gasteiger partial charge in [-0.3, -0.25) is 13.9 Å². The van der Waals surface area contributed by atoms with Crippen LogP contribution in [0.2, 0.25) is 5.02 Å². The summed E-state index contributed by atoms with van der Waals surface area (Å²) in [7, 11) is -4.19. The molecule has 45 heavy (non-hydrogen) atoms. The van der Waals surface area contributed by atoms with Crippen LogP contribution in [-0.4, -0.2) is 43.8 Å². The number of rotatable bonds is 12. The summed E-state index contributed by atoms with van der Waals surface area (Å²) < 4.78 is 29.5. The topological polar surface area (TPSA) is 86.8 Å². The van der Waals surface area contributed by atoms with Crippen LogP contribution < -0.4 is 9.62 Å². The largest absolute Gasteiger partial charge is 0.352 e. The van der Waals surface area contributed by atoms with Gasteiger partial charge in [0.15, 0.2) is 0 Å². The number of amides is 2. The number of hydrogen-bond acceptors (Lipinski definition) is 4. The highest BCUT2D eigenvalue weighted by Gasteiger charge is 2.36. The Kier molecular flexibility index (Phi) is 10.6. The molecule has 1 aliphatic carbocycles. The second-order valence-electron chi connectivity index (χ2n) is 11.4. The van der Waals surface area contributed by atoms with E-state index in [0.717, 1.165) is 41.1 Å². The van der Waals surface area contributed by atoms with Crippen molar-refractivity contribution in [1.82, 2.24) is 10.2 Å². The lowest BCUT2D eigenvalue weighted by molar-refractivity contribution is -0.140. The van der Waals surface area contributed by atoms with E-state index in [1.54, 1.807) is 43.3 Å². The van der Waals surface area contributed by atoms with Crippen molar-refractivity contribution in [1.29, 1.82) is 0 Å². The van der Waals surface area contributed by atoms with Gasteiger partial charge in [0.2, 0.25) is 11.8 Å². The van der Waals surface area contributed by atoms with Crippen LogP contribution in [0.4, 0.5) is 5.69 Å². The first kappa shape index (κ1) is 32.3. The second kappa shape index (κ2) is 14.8. The van der Waals surface area contributed by atoms with Crippen molar-refractivity contribution in [3.63, 3.8) is 0 Å². The highest BCUT2D eigenvalue weighted by atomic mass is 35.5. The van der Waals surface area contributed by atoms with Crippen LogP contribution in [0.5, 0.6) is 0 Å². The minimum Gasteiger partial charge on any atom is -0.352 e. The predicted octanol–water partition coefficient (Wildman–Crippen LogP) is 6.54. The molecule has 0 saturated heterocycles. The summed E-state index contributed by atoms with van der Waals surface area (Å²) >= 11 is 6.45. The molecular weight excluding hydrogens is 606 g/mol. The Bertz CT molecular complexity index is 1700. The molecule has 7 nitrogen and oxygen atoms in total. The first-order valence-corrected chi connectivity index (χ1v) is 17.1. The molecule has 4 aromatic rings. The maximum atomic E-state index is 14.6. The highest BCUT2D eigenvalue weighted by Crippen LogP contribution is 2.31. The molecule has 1 fully saturated rings. The van der Waals surface area contributed by atoms with Gasteiger partial charge in [0.1, 0.15) is 12.6 Å². The van der Waals surface area contributed by atoms with Crippen LogP contribution in [0.25, 0.3) is 0 Å². The van der Waals surface area contributed by atoms with Gasteiger partial charge in [-0.15, -0.1) is 0 Å². The Labute approximate surface area is 270 Å². The van der Waals surface area contributed by atoms with Gasteiger partial charge in [0.05, 0.1) is 10.6 Å². The van der Waals surface area contributed by atoms with Gasteiger partial charge in [0.25, 0.3) is 10.0 Å². The predicted molar refractivity (Wildman–Crippen MR) is 178 cm³/mol. The number of nitrogens with zero attached hydrogens (tertiary/aromatic N) is 2. The molecule has 0 heterocycles. The smallest absolute Gasteiger partial charge is 0.264 e. The zero-order valence-electron chi connectivity index (χ0n) is 25.3. The van der Waals surface area contributed by atoms with Crippen molar-refractivity contribution in [2.24, 2.45) is 0 Å². The molecule has 0 aliphatic heterocycles. The van der Waals surface area contributed by atoms with Crippen LogP contribution in [0, 0.1) is 6.92 Å². The van der Waals surface area contributed by atoms with E-state index in [1.807, 2.05) is 60.7 Å². The molecule has 9 heteroatoms. The highest BCUT2D eigenvalue weighted by molar-refractivity contribution is 7.92. The number of anilines is 1. The summed E-state index contributed by atoms with van der Waals surface area (Å²) in [5.74, 6) is -0.744. The zero-order chi connectivity index (χ0) is 31.8. The Morgan fingerprint density at radius 1 is 0.822 bits per heavy atom. The fourth-order valence-electron chi connectivity index (χ4n) is 5.80. The van der Waals surface area contributed by atoms with Crippen molar-refractivity contribution >= 4 is 39.1 Å². The Morgan fingerprint density at radius 3 is 2.02 bits per heavy atom. The van der Waals surface area contributed by atoms with Crippen LogP contribution in [0.15, 0.2) is 114 Å². The molecule has 0 radical (unpaired) electrons. The van der Waals surface area contributed by atoms with E-state index in [2.05, 4.69) is 5.32 Å². The Morgan fingerprint density at radius 2 is 1.40 bits per heavy atom. The van der Waals surface area contributed by atoms with Crippen molar-refractivity contribution in [3.05, 3.63) is 131 Å². The maximum absolute atomic E-state index is 14.6. The number of halogens is 1. The molecule has 1 saturated carbocycles. The van der Waals surface area contributed by atoms with Gasteiger partial charge in [-0.25, -0.2) is 8.42 Å². The number of carbonyl (C=O) groups excluding carboxylic acids is 2. The SMILES string of the molecule is Cc1c(Cl)cccc1N(CC(=O)N(Cc1ccccc1)[C@H](Cc1ccccc1)C(=O)NC1CCCC1)S(=O)(=O)c1ccccc1. The van der Waals surface area contributed by atoms with Gasteiger partial charge < -0.3 is 10.2 Å². The lowest BCUT2D eigenvalue weighted by Gasteiger charge is -2.34. The van der Waals surface area contributed by atoms with Gasteiger partial charge >= 0.3 is 0 Å². The third-order valence-electron chi connectivity index (χ3n) is 8.29. The number of benzene rings is 4. The van der Waals surface area contributed by atoms with E-state index in [9.17, 15) is 18.0 Å². The molecule has 234 valence electrons. The number of carbonyl (C=O) groups is 2. The lowest BCUT2D eigenvalue weighted by Crippen LogP contribution is -2.54. The molecule has 0 spiro atoms. The summed E-state index contributed by atoms with van der Waals surface area (Å²) in [6.07, 6.45) is 4.17. The maximum Gasteiger partial charge on any atom is 0.264 e. The summed E-state index contributed by atoms with van der Waals surface area (Å²) in [6.45, 7) is 1.33. The molecule has 0 bridgehead atoms. The molecule has 0 aromatic heterocycles. The third kappa shape index (κ3) is 7.93. The molecular formula is C36H38ClN3O4S. The minimum absolute atomic E-state index is 0.0478. The lowest BCUT2D eigenvalue weighted by atomic mass is 10.0. The van der Waals surface area contributed by atoms with Gasteiger partial charge in [-0.05, 0) is 60.7 Å². The van der Waals surface area contributed by atoms with Crippen molar-refractivity contribution in [2.45, 2.75) is 62.6 Å². The molecule has 4 aromatic carbocycles. The molecule has 5 rings (SSSR count). The Balaban J connectivity index is 1.57. The first-order valence-electron chi connectivity index (χ1n) is 15.2. The first-order chi connectivity index (χ1) is 21.7. The zero-order valence-corrected chi connectivity index (χ0v) is 26.9. The summed E-state index contributed by atoms with van der Waals surface area (Å²) in [4.78, 5) is 30.2. The van der Waals surface area contributed by atoms with E-state index in [4.69, 9.17) is 11.6 Å². The fourth-order valence-corrected chi connectivity index (χ4v) is 7.46. The summed E-state index contributed by atoms with van der Waals surface area (Å²) in [6, 6.07) is 31.2. The second-order valence-corrected chi connectivity index (χ2v) is 13.7. The van der Waals surface area contributed by atoms with Crippen molar-refractivity contribution < 1.29 is 18.0 Å². The molecule has 0 unspecified atom stereocenters. The standard InChI is InChI=1S/C36H38ClN3O4S/c1-27-32(37)22-13-23-33(27)40(45(43,44)31-20-9-4-10-21-31)26-35(41)39(25-29-16-7-3-8-17-29)34(24-28-14-5-2-6-15-28)36(42)38-30-18-11-12-19-30/h2-10,13-17,20-23,30,34H,11-12,18-19,24-26H2,1H3,(H,38,42)/t34-/m1/s1. The van der Waals surface area contributed by atoms with E-state index >= 15 is 0 Å². The van der Waals surface area contributed by atoms with Crippen LogP contribution >= 0.6 is 11.6 Å².